The van der Waals surface area contributed by atoms with Gasteiger partial charge >= 0.3 is 0 Å². The minimum absolute atomic E-state index is 0.0139. The van der Waals surface area contributed by atoms with Gasteiger partial charge in [0.2, 0.25) is 5.91 Å². The Labute approximate surface area is 192 Å². The molecule has 0 aromatic heterocycles. The van der Waals surface area contributed by atoms with E-state index in [4.69, 9.17) is 0 Å². The van der Waals surface area contributed by atoms with Crippen molar-refractivity contribution in [2.75, 3.05) is 35.9 Å². The lowest BCUT2D eigenvalue weighted by atomic mass is 10.3. The molecular formula is C23H24N4O5S. The summed E-state index contributed by atoms with van der Waals surface area (Å²) in [5.74, 6) is -0.491. The van der Waals surface area contributed by atoms with E-state index in [9.17, 15) is 23.3 Å². The molecule has 0 aliphatic carbocycles. The van der Waals surface area contributed by atoms with Gasteiger partial charge in [-0.2, -0.15) is 0 Å². The third kappa shape index (κ3) is 6.07. The van der Waals surface area contributed by atoms with Crippen LogP contribution in [-0.2, 0) is 14.8 Å². The highest BCUT2D eigenvalue weighted by Crippen LogP contribution is 2.25. The lowest BCUT2D eigenvalue weighted by Gasteiger charge is -2.24. The Morgan fingerprint density at radius 2 is 1.48 bits per heavy atom. The summed E-state index contributed by atoms with van der Waals surface area (Å²) in [5, 5.41) is 13.7. The number of amides is 1. The SMILES string of the molecule is CN(CCNC(=O)CN(c1ccc([N+](=O)[O-])cc1)S(=O)(=O)c1ccccc1)c1ccccc1. The zero-order valence-electron chi connectivity index (χ0n) is 18.0. The van der Waals surface area contributed by atoms with Crippen molar-refractivity contribution in [3.05, 3.63) is 95.0 Å². The molecule has 0 spiro atoms. The van der Waals surface area contributed by atoms with Crippen molar-refractivity contribution in [1.29, 1.82) is 0 Å². The maximum atomic E-state index is 13.3. The molecular weight excluding hydrogens is 444 g/mol. The van der Waals surface area contributed by atoms with Crippen molar-refractivity contribution in [2.45, 2.75) is 4.90 Å². The molecule has 3 aromatic rings. The van der Waals surface area contributed by atoms with Crippen molar-refractivity contribution >= 4 is 33.0 Å². The van der Waals surface area contributed by atoms with E-state index in [1.54, 1.807) is 18.2 Å². The average molecular weight is 469 g/mol. The van der Waals surface area contributed by atoms with Gasteiger partial charge in [0.25, 0.3) is 15.7 Å². The minimum atomic E-state index is -4.07. The molecule has 0 saturated heterocycles. The van der Waals surface area contributed by atoms with E-state index < -0.39 is 27.4 Å². The number of nitrogens with zero attached hydrogens (tertiary/aromatic N) is 3. The van der Waals surface area contributed by atoms with Gasteiger partial charge < -0.3 is 10.2 Å². The second-order valence-corrected chi connectivity index (χ2v) is 9.07. The number of likely N-dealkylation sites (N-methyl/N-ethyl adjacent to an activating group) is 1. The van der Waals surface area contributed by atoms with E-state index in [1.807, 2.05) is 42.3 Å². The fourth-order valence-electron chi connectivity index (χ4n) is 3.14. The Morgan fingerprint density at radius 1 is 0.909 bits per heavy atom. The molecule has 172 valence electrons. The van der Waals surface area contributed by atoms with Gasteiger partial charge in [-0.3, -0.25) is 19.2 Å². The zero-order chi connectivity index (χ0) is 23.8. The standard InChI is InChI=1S/C23H24N4O5S/c1-25(19-8-4-2-5-9-19)17-16-24-23(28)18-26(20-12-14-21(15-13-20)27(29)30)33(31,32)22-10-6-3-7-11-22/h2-15H,16-18H2,1H3,(H,24,28). The number of nitro benzene ring substituents is 1. The summed E-state index contributed by atoms with van der Waals surface area (Å²) in [6, 6.07) is 22.4. The van der Waals surface area contributed by atoms with Crippen LogP contribution in [0.3, 0.4) is 0 Å². The second-order valence-electron chi connectivity index (χ2n) is 7.21. The van der Waals surface area contributed by atoms with Gasteiger partial charge in [-0.1, -0.05) is 36.4 Å². The number of para-hydroxylation sites is 1. The third-order valence-corrected chi connectivity index (χ3v) is 6.72. The summed E-state index contributed by atoms with van der Waals surface area (Å²) in [6.07, 6.45) is 0. The van der Waals surface area contributed by atoms with Gasteiger partial charge in [-0.25, -0.2) is 8.42 Å². The maximum Gasteiger partial charge on any atom is 0.269 e. The topological polar surface area (TPSA) is 113 Å². The lowest BCUT2D eigenvalue weighted by molar-refractivity contribution is -0.384. The summed E-state index contributed by atoms with van der Waals surface area (Å²) in [4.78, 5) is 25.0. The molecule has 0 saturated carbocycles. The van der Waals surface area contributed by atoms with Crippen LogP contribution in [0.25, 0.3) is 0 Å². The Hall–Kier alpha value is -3.92. The van der Waals surface area contributed by atoms with Crippen LogP contribution in [0, 0.1) is 10.1 Å². The molecule has 0 aliphatic rings. The Morgan fingerprint density at radius 3 is 2.06 bits per heavy atom. The van der Waals surface area contributed by atoms with Crippen LogP contribution in [-0.4, -0.2) is 45.9 Å². The number of sulfonamides is 1. The van der Waals surface area contributed by atoms with Crippen LogP contribution in [0.15, 0.2) is 89.8 Å². The van der Waals surface area contributed by atoms with Gasteiger partial charge in [0, 0.05) is 38.0 Å². The minimum Gasteiger partial charge on any atom is -0.373 e. The monoisotopic (exact) mass is 468 g/mol. The fourth-order valence-corrected chi connectivity index (χ4v) is 4.58. The van der Waals surface area contributed by atoms with E-state index in [2.05, 4.69) is 5.32 Å². The Bertz CT molecular complexity index is 1190. The first-order valence-electron chi connectivity index (χ1n) is 10.1. The number of anilines is 2. The van der Waals surface area contributed by atoms with E-state index in [0.717, 1.165) is 9.99 Å². The van der Waals surface area contributed by atoms with Crippen LogP contribution in [0.5, 0.6) is 0 Å². The molecule has 9 nitrogen and oxygen atoms in total. The van der Waals surface area contributed by atoms with E-state index >= 15 is 0 Å². The normalized spacial score (nSPS) is 10.9. The molecule has 1 N–H and O–H groups in total. The van der Waals surface area contributed by atoms with Crippen molar-refractivity contribution in [3.8, 4) is 0 Å². The summed E-state index contributed by atoms with van der Waals surface area (Å²) >= 11 is 0. The highest BCUT2D eigenvalue weighted by molar-refractivity contribution is 7.92. The molecule has 0 fully saturated rings. The Balaban J connectivity index is 1.75. The largest absolute Gasteiger partial charge is 0.373 e. The lowest BCUT2D eigenvalue weighted by Crippen LogP contribution is -2.42. The number of rotatable bonds is 10. The quantitative estimate of drug-likeness (QED) is 0.361. The first kappa shape index (κ1) is 23.7. The zero-order valence-corrected chi connectivity index (χ0v) is 18.8. The second kappa shape index (κ2) is 10.6. The van der Waals surface area contributed by atoms with Crippen molar-refractivity contribution in [3.63, 3.8) is 0 Å². The van der Waals surface area contributed by atoms with Gasteiger partial charge in [0.05, 0.1) is 15.5 Å². The van der Waals surface area contributed by atoms with Crippen LogP contribution in [0.4, 0.5) is 17.1 Å². The molecule has 0 heterocycles. The van der Waals surface area contributed by atoms with E-state index in [1.165, 1.54) is 36.4 Å². The molecule has 0 radical (unpaired) electrons. The number of carbonyl (C=O) groups is 1. The molecule has 33 heavy (non-hydrogen) atoms. The Kier molecular flexibility index (Phi) is 7.62. The molecule has 3 rings (SSSR count). The van der Waals surface area contributed by atoms with Gasteiger partial charge in [-0.05, 0) is 36.4 Å². The fraction of sp³-hybridized carbons (Fsp3) is 0.174. The number of hydrogen-bond donors (Lipinski definition) is 1. The average Bonchev–Trinajstić information content (AvgIpc) is 2.83. The van der Waals surface area contributed by atoms with Crippen LogP contribution < -0.4 is 14.5 Å². The highest BCUT2D eigenvalue weighted by Gasteiger charge is 2.27. The third-order valence-electron chi connectivity index (χ3n) is 4.93. The first-order chi connectivity index (χ1) is 15.8. The predicted octanol–water partition coefficient (Wildman–Crippen LogP) is 3.04. The summed E-state index contributed by atoms with van der Waals surface area (Å²) < 4.78 is 27.5. The number of benzene rings is 3. The summed E-state index contributed by atoms with van der Waals surface area (Å²) in [6.45, 7) is 0.368. The van der Waals surface area contributed by atoms with Gasteiger partial charge in [0.15, 0.2) is 0 Å². The predicted molar refractivity (Wildman–Crippen MR) is 127 cm³/mol. The van der Waals surface area contributed by atoms with Gasteiger partial charge in [0.1, 0.15) is 6.54 Å². The maximum absolute atomic E-state index is 13.3. The molecule has 10 heteroatoms. The number of carbonyl (C=O) groups excluding carboxylic acids is 1. The van der Waals surface area contributed by atoms with Crippen LogP contribution in [0.2, 0.25) is 0 Å². The molecule has 0 aliphatic heterocycles. The number of hydrogen-bond acceptors (Lipinski definition) is 6. The number of non-ortho nitro benzene ring substituents is 1. The number of nitro groups is 1. The van der Waals surface area contributed by atoms with Gasteiger partial charge in [-0.15, -0.1) is 0 Å². The van der Waals surface area contributed by atoms with E-state index in [0.29, 0.717) is 13.1 Å². The molecule has 1 amide bonds. The molecule has 0 unspecified atom stereocenters. The molecule has 0 atom stereocenters. The number of nitrogens with one attached hydrogen (secondary N) is 1. The first-order valence-corrected chi connectivity index (χ1v) is 11.6. The van der Waals surface area contributed by atoms with Crippen molar-refractivity contribution < 1.29 is 18.1 Å². The summed E-state index contributed by atoms with van der Waals surface area (Å²) in [7, 11) is -2.18. The highest BCUT2D eigenvalue weighted by atomic mass is 32.2. The van der Waals surface area contributed by atoms with Crippen molar-refractivity contribution in [2.24, 2.45) is 0 Å². The molecule has 0 bridgehead atoms. The van der Waals surface area contributed by atoms with Crippen molar-refractivity contribution in [1.82, 2.24) is 5.32 Å². The smallest absolute Gasteiger partial charge is 0.269 e. The van der Waals surface area contributed by atoms with Crippen LogP contribution in [0.1, 0.15) is 0 Å². The molecule has 3 aromatic carbocycles. The summed E-state index contributed by atoms with van der Waals surface area (Å²) in [5.41, 5.74) is 0.969. The van der Waals surface area contributed by atoms with Crippen LogP contribution >= 0.6 is 0 Å². The van der Waals surface area contributed by atoms with E-state index in [-0.39, 0.29) is 16.3 Å².